The van der Waals surface area contributed by atoms with E-state index in [9.17, 15) is 4.79 Å². The molecule has 0 aliphatic rings. The molecule has 0 aliphatic heterocycles. The van der Waals surface area contributed by atoms with Gasteiger partial charge in [0, 0.05) is 11.9 Å². The summed E-state index contributed by atoms with van der Waals surface area (Å²) in [5, 5.41) is 5.39. The molecular formula is C15H17N3O2. The molecule has 5 nitrogen and oxygen atoms in total. The summed E-state index contributed by atoms with van der Waals surface area (Å²) < 4.78 is 5.33. The molecule has 104 valence electrons. The SMILES string of the molecule is CCOc1ccc(NC(=O)Nc2ccc(C)cn2)cc1. The Hall–Kier alpha value is -2.56. The number of nitrogens with zero attached hydrogens (tertiary/aromatic N) is 1. The zero-order valence-corrected chi connectivity index (χ0v) is 11.5. The van der Waals surface area contributed by atoms with Crippen molar-refractivity contribution in [2.75, 3.05) is 17.2 Å². The molecule has 0 saturated heterocycles. The fourth-order valence-corrected chi connectivity index (χ4v) is 1.62. The predicted octanol–water partition coefficient (Wildman–Crippen LogP) is 3.43. The van der Waals surface area contributed by atoms with Crippen molar-refractivity contribution in [3.05, 3.63) is 48.2 Å². The quantitative estimate of drug-likeness (QED) is 0.895. The number of aromatic nitrogens is 1. The van der Waals surface area contributed by atoms with Crippen LogP contribution < -0.4 is 15.4 Å². The highest BCUT2D eigenvalue weighted by Crippen LogP contribution is 2.15. The predicted molar refractivity (Wildman–Crippen MR) is 79.2 cm³/mol. The van der Waals surface area contributed by atoms with E-state index in [1.165, 1.54) is 0 Å². The number of hydrogen-bond acceptors (Lipinski definition) is 3. The maximum atomic E-state index is 11.8. The summed E-state index contributed by atoms with van der Waals surface area (Å²) in [6, 6.07) is 10.5. The number of hydrogen-bond donors (Lipinski definition) is 2. The molecule has 0 saturated carbocycles. The summed E-state index contributed by atoms with van der Waals surface area (Å²) in [7, 11) is 0. The van der Waals surface area contributed by atoms with Crippen LogP contribution in [0.15, 0.2) is 42.6 Å². The molecule has 0 fully saturated rings. The van der Waals surface area contributed by atoms with Crippen LogP contribution in [0.4, 0.5) is 16.3 Å². The summed E-state index contributed by atoms with van der Waals surface area (Å²) in [6.45, 7) is 4.48. The molecule has 0 aliphatic carbocycles. The lowest BCUT2D eigenvalue weighted by Crippen LogP contribution is -2.19. The van der Waals surface area contributed by atoms with Crippen molar-refractivity contribution in [2.45, 2.75) is 13.8 Å². The Bertz CT molecular complexity index is 565. The lowest BCUT2D eigenvalue weighted by Gasteiger charge is -2.08. The van der Waals surface area contributed by atoms with E-state index in [4.69, 9.17) is 4.74 Å². The van der Waals surface area contributed by atoms with Gasteiger partial charge in [-0.05, 0) is 49.7 Å². The van der Waals surface area contributed by atoms with Gasteiger partial charge in [0.1, 0.15) is 11.6 Å². The fourth-order valence-electron chi connectivity index (χ4n) is 1.62. The van der Waals surface area contributed by atoms with E-state index in [1.54, 1.807) is 24.4 Å². The number of urea groups is 1. The number of anilines is 2. The number of pyridine rings is 1. The third-order valence-electron chi connectivity index (χ3n) is 2.58. The van der Waals surface area contributed by atoms with Crippen LogP contribution in [0, 0.1) is 6.92 Å². The first-order chi connectivity index (χ1) is 9.67. The molecule has 0 unspecified atom stereocenters. The molecule has 0 bridgehead atoms. The fraction of sp³-hybridized carbons (Fsp3) is 0.200. The lowest BCUT2D eigenvalue weighted by molar-refractivity contribution is 0.262. The minimum absolute atomic E-state index is 0.328. The van der Waals surface area contributed by atoms with Gasteiger partial charge in [-0.3, -0.25) is 5.32 Å². The summed E-state index contributed by atoms with van der Waals surface area (Å²) in [5.41, 5.74) is 1.74. The number of carbonyl (C=O) groups excluding carboxylic acids is 1. The second-order valence-corrected chi connectivity index (χ2v) is 4.26. The molecule has 20 heavy (non-hydrogen) atoms. The molecule has 1 aromatic carbocycles. The van der Waals surface area contributed by atoms with Gasteiger partial charge in [-0.15, -0.1) is 0 Å². The van der Waals surface area contributed by atoms with Gasteiger partial charge < -0.3 is 10.1 Å². The summed E-state index contributed by atoms with van der Waals surface area (Å²) in [5.74, 6) is 1.29. The molecular weight excluding hydrogens is 254 g/mol. The Kier molecular flexibility index (Phi) is 4.55. The van der Waals surface area contributed by atoms with Gasteiger partial charge in [0.15, 0.2) is 0 Å². The number of rotatable bonds is 4. The van der Waals surface area contributed by atoms with Gasteiger partial charge in [-0.1, -0.05) is 6.07 Å². The van der Waals surface area contributed by atoms with E-state index in [0.29, 0.717) is 18.1 Å². The van der Waals surface area contributed by atoms with Crippen molar-refractivity contribution in [1.82, 2.24) is 4.98 Å². The smallest absolute Gasteiger partial charge is 0.324 e. The number of benzene rings is 1. The Morgan fingerprint density at radius 3 is 2.50 bits per heavy atom. The first kappa shape index (κ1) is 13.9. The van der Waals surface area contributed by atoms with E-state index >= 15 is 0 Å². The van der Waals surface area contributed by atoms with Gasteiger partial charge in [0.05, 0.1) is 6.61 Å². The van der Waals surface area contributed by atoms with Gasteiger partial charge in [-0.2, -0.15) is 0 Å². The molecule has 2 rings (SSSR count). The molecule has 2 amide bonds. The second kappa shape index (κ2) is 6.56. The van der Waals surface area contributed by atoms with E-state index in [1.807, 2.05) is 32.0 Å². The number of ether oxygens (including phenoxy) is 1. The van der Waals surface area contributed by atoms with E-state index in [-0.39, 0.29) is 6.03 Å². The van der Waals surface area contributed by atoms with Crippen molar-refractivity contribution in [2.24, 2.45) is 0 Å². The normalized spacial score (nSPS) is 9.90. The molecule has 0 atom stereocenters. The first-order valence-electron chi connectivity index (χ1n) is 6.41. The highest BCUT2D eigenvalue weighted by atomic mass is 16.5. The third kappa shape index (κ3) is 3.98. The molecule has 2 N–H and O–H groups in total. The van der Waals surface area contributed by atoms with Crippen LogP contribution in [0.5, 0.6) is 5.75 Å². The number of aryl methyl sites for hydroxylation is 1. The minimum atomic E-state index is -0.328. The highest BCUT2D eigenvalue weighted by Gasteiger charge is 2.03. The van der Waals surface area contributed by atoms with E-state index < -0.39 is 0 Å². The zero-order chi connectivity index (χ0) is 14.4. The number of nitrogens with one attached hydrogen (secondary N) is 2. The van der Waals surface area contributed by atoms with Crippen LogP contribution >= 0.6 is 0 Å². The van der Waals surface area contributed by atoms with Crippen LogP contribution in [-0.4, -0.2) is 17.6 Å². The highest BCUT2D eigenvalue weighted by molar-refractivity contribution is 5.99. The minimum Gasteiger partial charge on any atom is -0.494 e. The average molecular weight is 271 g/mol. The molecule has 5 heteroatoms. The number of carbonyl (C=O) groups is 1. The molecule has 1 aromatic heterocycles. The number of amides is 2. The molecule has 2 aromatic rings. The Balaban J connectivity index is 1.92. The van der Waals surface area contributed by atoms with Crippen molar-refractivity contribution in [1.29, 1.82) is 0 Å². The summed E-state index contributed by atoms with van der Waals surface area (Å²) >= 11 is 0. The van der Waals surface area contributed by atoms with Crippen LogP contribution in [-0.2, 0) is 0 Å². The van der Waals surface area contributed by atoms with Crippen LogP contribution in [0.3, 0.4) is 0 Å². The van der Waals surface area contributed by atoms with Gasteiger partial charge in [0.25, 0.3) is 0 Å². The van der Waals surface area contributed by atoms with Crippen molar-refractivity contribution < 1.29 is 9.53 Å². The maximum absolute atomic E-state index is 11.8. The molecule has 0 spiro atoms. The average Bonchev–Trinajstić information content (AvgIpc) is 2.44. The Morgan fingerprint density at radius 2 is 1.90 bits per heavy atom. The van der Waals surface area contributed by atoms with E-state index in [0.717, 1.165) is 11.3 Å². The third-order valence-corrected chi connectivity index (χ3v) is 2.58. The summed E-state index contributed by atoms with van der Waals surface area (Å²) in [6.07, 6.45) is 1.70. The van der Waals surface area contributed by atoms with Crippen molar-refractivity contribution in [3.8, 4) is 5.75 Å². The summed E-state index contributed by atoms with van der Waals surface area (Å²) in [4.78, 5) is 15.9. The van der Waals surface area contributed by atoms with Crippen LogP contribution in [0.1, 0.15) is 12.5 Å². The van der Waals surface area contributed by atoms with Gasteiger partial charge in [0.2, 0.25) is 0 Å². The lowest BCUT2D eigenvalue weighted by atomic mass is 10.3. The maximum Gasteiger partial charge on any atom is 0.324 e. The van der Waals surface area contributed by atoms with Crippen LogP contribution in [0.2, 0.25) is 0 Å². The van der Waals surface area contributed by atoms with Gasteiger partial charge >= 0.3 is 6.03 Å². The second-order valence-electron chi connectivity index (χ2n) is 4.26. The molecule has 0 radical (unpaired) electrons. The molecule has 1 heterocycles. The van der Waals surface area contributed by atoms with Crippen molar-refractivity contribution >= 4 is 17.5 Å². The van der Waals surface area contributed by atoms with Crippen LogP contribution in [0.25, 0.3) is 0 Å². The standard InChI is InChI=1S/C15H17N3O2/c1-3-20-13-7-5-12(6-8-13)17-15(19)18-14-9-4-11(2)10-16-14/h4-10H,3H2,1-2H3,(H2,16,17,18,19). The van der Waals surface area contributed by atoms with Crippen molar-refractivity contribution in [3.63, 3.8) is 0 Å². The Morgan fingerprint density at radius 1 is 1.15 bits per heavy atom. The zero-order valence-electron chi connectivity index (χ0n) is 11.5. The van der Waals surface area contributed by atoms with Gasteiger partial charge in [-0.25, -0.2) is 9.78 Å². The first-order valence-corrected chi connectivity index (χ1v) is 6.41. The van der Waals surface area contributed by atoms with E-state index in [2.05, 4.69) is 15.6 Å². The topological polar surface area (TPSA) is 63.2 Å². The Labute approximate surface area is 118 Å². The monoisotopic (exact) mass is 271 g/mol. The largest absolute Gasteiger partial charge is 0.494 e.